The van der Waals surface area contributed by atoms with Crippen molar-refractivity contribution in [2.45, 2.75) is 0 Å². The third kappa shape index (κ3) is 1.29. The predicted molar refractivity (Wildman–Crippen MR) is 31.7 cm³/mol. The molecule has 0 unspecified atom stereocenters. The fourth-order valence-electron chi connectivity index (χ4n) is 0.511. The zero-order valence-electron chi connectivity index (χ0n) is 4.57. The summed E-state index contributed by atoms with van der Waals surface area (Å²) in [4.78, 5) is 0. The van der Waals surface area contributed by atoms with Crippen LogP contribution < -0.4 is 4.43 Å². The molecule has 0 N–H and O–H groups in total. The van der Waals surface area contributed by atoms with E-state index in [2.05, 4.69) is 0 Å². The normalized spacial score (nSPS) is 9.78. The SMILES string of the molecule is Fc1cccc(F)[c]1[Al+2]. The first-order valence-electron chi connectivity index (χ1n) is 2.41. The van der Waals surface area contributed by atoms with Gasteiger partial charge in [0.15, 0.2) is 0 Å². The van der Waals surface area contributed by atoms with Crippen LogP contribution in [-0.2, 0) is 0 Å². The molecule has 0 radical (unpaired) electrons. The standard InChI is InChI=1S/C6H3F2.Al/c7-5-2-1-3-6(8)4-5;/h1-3H;/q;+2. The van der Waals surface area contributed by atoms with Crippen LogP contribution in [-0.4, -0.2) is 16.3 Å². The van der Waals surface area contributed by atoms with Crippen molar-refractivity contribution >= 4 is 20.7 Å². The molecule has 0 atom stereocenters. The minimum atomic E-state index is -0.528. The third-order valence-corrected chi connectivity index (χ3v) is 1.55. The van der Waals surface area contributed by atoms with Crippen LogP contribution in [0.15, 0.2) is 18.2 Å². The summed E-state index contributed by atoms with van der Waals surface area (Å²) in [6.07, 6.45) is 0. The van der Waals surface area contributed by atoms with E-state index in [4.69, 9.17) is 0 Å². The first kappa shape index (κ1) is 6.73. The summed E-state index contributed by atoms with van der Waals surface area (Å²) in [6.45, 7) is 0. The molecule has 0 aliphatic carbocycles. The summed E-state index contributed by atoms with van der Waals surface area (Å²) in [6, 6.07) is 3.76. The molecule has 0 aliphatic heterocycles. The molecule has 0 bridgehead atoms. The quantitative estimate of drug-likeness (QED) is 0.466. The van der Waals surface area contributed by atoms with Crippen molar-refractivity contribution in [1.29, 1.82) is 0 Å². The summed E-state index contributed by atoms with van der Waals surface area (Å²) >= 11 is 1.99. The van der Waals surface area contributed by atoms with Crippen LogP contribution >= 0.6 is 0 Å². The molecular formula is C6H3AlF2+2. The molecule has 0 heterocycles. The van der Waals surface area contributed by atoms with E-state index in [0.29, 0.717) is 0 Å². The molecule has 1 aromatic carbocycles. The van der Waals surface area contributed by atoms with Crippen LogP contribution in [0.3, 0.4) is 0 Å². The molecule has 42 valence electrons. The molecule has 0 saturated heterocycles. The minimum absolute atomic E-state index is 0.00231. The Morgan fingerprint density at radius 2 is 1.56 bits per heavy atom. The molecular weight excluding hydrogens is 137 g/mol. The topological polar surface area (TPSA) is 0 Å². The number of rotatable bonds is 0. The summed E-state index contributed by atoms with van der Waals surface area (Å²) in [5.41, 5.74) is 0. The van der Waals surface area contributed by atoms with Gasteiger partial charge in [0.25, 0.3) is 0 Å². The van der Waals surface area contributed by atoms with Crippen LogP contribution in [0.5, 0.6) is 0 Å². The van der Waals surface area contributed by atoms with Crippen molar-refractivity contribution in [2.75, 3.05) is 0 Å². The van der Waals surface area contributed by atoms with Gasteiger partial charge >= 0.3 is 59.3 Å². The summed E-state index contributed by atoms with van der Waals surface area (Å²) in [7, 11) is 0. The monoisotopic (exact) mass is 140 g/mol. The van der Waals surface area contributed by atoms with E-state index < -0.39 is 11.6 Å². The molecule has 3 heteroatoms. The molecule has 0 aliphatic rings. The average molecular weight is 140 g/mol. The Kier molecular flexibility index (Phi) is 1.85. The maximum atomic E-state index is 12.3. The zero-order chi connectivity index (χ0) is 6.85. The van der Waals surface area contributed by atoms with Crippen molar-refractivity contribution in [2.24, 2.45) is 0 Å². The van der Waals surface area contributed by atoms with Crippen molar-refractivity contribution in [3.05, 3.63) is 29.8 Å². The van der Waals surface area contributed by atoms with Crippen LogP contribution in [0.25, 0.3) is 0 Å². The molecule has 0 aromatic heterocycles. The molecule has 1 rings (SSSR count). The second kappa shape index (κ2) is 2.47. The van der Waals surface area contributed by atoms with E-state index in [9.17, 15) is 8.78 Å². The molecule has 9 heavy (non-hydrogen) atoms. The Hall–Kier alpha value is -0.388. The summed E-state index contributed by atoms with van der Waals surface area (Å²) in [5.74, 6) is -1.06. The molecule has 0 amide bonds. The van der Waals surface area contributed by atoms with Gasteiger partial charge in [0, 0.05) is 0 Å². The van der Waals surface area contributed by atoms with Gasteiger partial charge in [-0.2, -0.15) is 0 Å². The van der Waals surface area contributed by atoms with E-state index >= 15 is 0 Å². The summed E-state index contributed by atoms with van der Waals surface area (Å²) < 4.78 is 24.6. The molecule has 0 saturated carbocycles. The fourth-order valence-corrected chi connectivity index (χ4v) is 0.703. The zero-order valence-corrected chi connectivity index (χ0v) is 5.72. The number of benzene rings is 1. The maximum absolute atomic E-state index is 12.3. The van der Waals surface area contributed by atoms with Gasteiger partial charge < -0.3 is 0 Å². The molecule has 0 nitrogen and oxygen atoms in total. The van der Waals surface area contributed by atoms with Crippen molar-refractivity contribution in [1.82, 2.24) is 0 Å². The Balaban J connectivity index is 3.25. The van der Waals surface area contributed by atoms with E-state index in [1.807, 2.05) is 16.3 Å². The molecule has 0 spiro atoms. The van der Waals surface area contributed by atoms with Crippen molar-refractivity contribution < 1.29 is 8.78 Å². The van der Waals surface area contributed by atoms with Gasteiger partial charge in [-0.25, -0.2) is 0 Å². The second-order valence-corrected chi connectivity index (χ2v) is 2.21. The first-order chi connectivity index (χ1) is 4.22. The van der Waals surface area contributed by atoms with E-state index in [-0.39, 0.29) is 4.43 Å². The Morgan fingerprint density at radius 1 is 1.11 bits per heavy atom. The van der Waals surface area contributed by atoms with Gasteiger partial charge in [-0.1, -0.05) is 0 Å². The Morgan fingerprint density at radius 3 is 1.89 bits per heavy atom. The van der Waals surface area contributed by atoms with Crippen molar-refractivity contribution in [3.63, 3.8) is 0 Å². The van der Waals surface area contributed by atoms with Crippen LogP contribution in [0, 0.1) is 11.6 Å². The van der Waals surface area contributed by atoms with Gasteiger partial charge in [0.05, 0.1) is 0 Å². The van der Waals surface area contributed by atoms with Crippen molar-refractivity contribution in [3.8, 4) is 0 Å². The van der Waals surface area contributed by atoms with Crippen LogP contribution in [0.1, 0.15) is 0 Å². The third-order valence-electron chi connectivity index (χ3n) is 1.000. The first-order valence-corrected chi connectivity index (χ1v) is 2.99. The van der Waals surface area contributed by atoms with E-state index in [0.717, 1.165) is 0 Å². The Bertz CT molecular complexity index is 202. The molecule has 1 aromatic rings. The molecule has 0 fully saturated rings. The van der Waals surface area contributed by atoms with Gasteiger partial charge in [0.1, 0.15) is 0 Å². The predicted octanol–water partition coefficient (Wildman–Crippen LogP) is 0.759. The summed E-state index contributed by atoms with van der Waals surface area (Å²) in [5, 5.41) is 0. The van der Waals surface area contributed by atoms with Gasteiger partial charge in [-0.3, -0.25) is 0 Å². The fraction of sp³-hybridized carbons (Fsp3) is 0. The van der Waals surface area contributed by atoms with Gasteiger partial charge in [-0.05, 0) is 0 Å². The number of hydrogen-bond acceptors (Lipinski definition) is 0. The Labute approximate surface area is 59.9 Å². The van der Waals surface area contributed by atoms with E-state index in [1.54, 1.807) is 0 Å². The van der Waals surface area contributed by atoms with Crippen LogP contribution in [0.4, 0.5) is 8.78 Å². The van der Waals surface area contributed by atoms with Gasteiger partial charge in [-0.15, -0.1) is 0 Å². The second-order valence-electron chi connectivity index (χ2n) is 1.64. The number of halogens is 2. The average Bonchev–Trinajstić information content (AvgIpc) is 1.83. The van der Waals surface area contributed by atoms with Gasteiger partial charge in [0.2, 0.25) is 0 Å². The van der Waals surface area contributed by atoms with E-state index in [1.165, 1.54) is 18.2 Å². The van der Waals surface area contributed by atoms with Crippen LogP contribution in [0.2, 0.25) is 0 Å². The number of hydrogen-bond donors (Lipinski definition) is 0.